The zero-order valence-electron chi connectivity index (χ0n) is 11.0. The molecule has 6 nitrogen and oxygen atoms in total. The number of hydrogen-bond donors (Lipinski definition) is 2. The number of carbonyl (C=O) groups excluding carboxylic acids is 1. The minimum atomic E-state index is -3.23. The predicted octanol–water partition coefficient (Wildman–Crippen LogP) is 0.427. The molecule has 1 atom stereocenters. The van der Waals surface area contributed by atoms with E-state index in [9.17, 15) is 18.0 Å². The maximum atomic E-state index is 11.7. The van der Waals surface area contributed by atoms with Gasteiger partial charge in [-0.15, -0.1) is 0 Å². The molecule has 1 unspecified atom stereocenters. The zero-order chi connectivity index (χ0) is 14.3. The Morgan fingerprint density at radius 1 is 1.22 bits per heavy atom. The normalized spacial score (nSPS) is 13.3. The highest BCUT2D eigenvalue weighted by Gasteiger charge is 2.24. The third-order valence-electron chi connectivity index (χ3n) is 2.75. The molecule has 0 saturated heterocycles. The summed E-state index contributed by atoms with van der Waals surface area (Å²) >= 11 is 0. The molecular formula is C11H21NO5S. The Kier molecular flexibility index (Phi) is 6.90. The summed E-state index contributed by atoms with van der Waals surface area (Å²) in [4.78, 5) is 22.7. The molecule has 0 aromatic heterocycles. The fourth-order valence-corrected chi connectivity index (χ4v) is 2.20. The van der Waals surface area contributed by atoms with Crippen molar-refractivity contribution >= 4 is 21.7 Å². The average Bonchev–Trinajstić information content (AvgIpc) is 2.24. The second kappa shape index (κ2) is 7.35. The number of sulfone groups is 1. The van der Waals surface area contributed by atoms with Crippen LogP contribution in [-0.2, 0) is 19.4 Å². The molecule has 0 fully saturated rings. The lowest BCUT2D eigenvalue weighted by Gasteiger charge is -2.18. The molecule has 0 radical (unpaired) electrons. The van der Waals surface area contributed by atoms with E-state index in [2.05, 4.69) is 5.32 Å². The number of aliphatic carboxylic acids is 1. The van der Waals surface area contributed by atoms with Gasteiger partial charge in [0.15, 0.2) is 0 Å². The van der Waals surface area contributed by atoms with Gasteiger partial charge in [0.1, 0.15) is 15.9 Å². The molecule has 0 aromatic rings. The highest BCUT2D eigenvalue weighted by molar-refractivity contribution is 7.90. The first-order chi connectivity index (χ1) is 8.21. The van der Waals surface area contributed by atoms with Crippen molar-refractivity contribution in [3.05, 3.63) is 0 Å². The minimum absolute atomic E-state index is 0.111. The number of hydrogen-bond acceptors (Lipinski definition) is 4. The van der Waals surface area contributed by atoms with Crippen LogP contribution in [0.1, 0.15) is 33.1 Å². The van der Waals surface area contributed by atoms with Gasteiger partial charge in [0, 0.05) is 12.2 Å². The van der Waals surface area contributed by atoms with Crippen molar-refractivity contribution in [3.8, 4) is 0 Å². The molecule has 0 rings (SSSR count). The fourth-order valence-electron chi connectivity index (χ4n) is 1.54. The van der Waals surface area contributed by atoms with Crippen molar-refractivity contribution in [1.29, 1.82) is 0 Å². The van der Waals surface area contributed by atoms with Crippen LogP contribution in [0.15, 0.2) is 0 Å². The van der Waals surface area contributed by atoms with Gasteiger partial charge in [0.2, 0.25) is 5.91 Å². The van der Waals surface area contributed by atoms with Crippen LogP contribution in [0.3, 0.4) is 0 Å². The summed E-state index contributed by atoms with van der Waals surface area (Å²) in [7, 11) is -3.23. The lowest BCUT2D eigenvalue weighted by atomic mass is 10.0. The zero-order valence-corrected chi connectivity index (χ0v) is 11.8. The van der Waals surface area contributed by atoms with Crippen molar-refractivity contribution in [2.75, 3.05) is 12.0 Å². The monoisotopic (exact) mass is 279 g/mol. The highest BCUT2D eigenvalue weighted by atomic mass is 32.2. The first-order valence-corrected chi connectivity index (χ1v) is 7.98. The Morgan fingerprint density at radius 3 is 2.06 bits per heavy atom. The van der Waals surface area contributed by atoms with Gasteiger partial charge < -0.3 is 10.4 Å². The standard InChI is InChI=1S/C11H21NO5S/c1-4-8(5-2)10(13)12-9(11(14)15)6-7-18(3,16)17/h8-9H,4-7H2,1-3H3,(H,12,13)(H,14,15). The third kappa shape index (κ3) is 6.58. The van der Waals surface area contributed by atoms with Gasteiger partial charge in [0.25, 0.3) is 0 Å². The van der Waals surface area contributed by atoms with E-state index in [1.807, 2.05) is 13.8 Å². The van der Waals surface area contributed by atoms with Crippen LogP contribution in [0.4, 0.5) is 0 Å². The lowest BCUT2D eigenvalue weighted by Crippen LogP contribution is -2.44. The van der Waals surface area contributed by atoms with Crippen molar-refractivity contribution in [3.63, 3.8) is 0 Å². The quantitative estimate of drug-likeness (QED) is 0.671. The Balaban J connectivity index is 4.54. The molecule has 0 saturated carbocycles. The van der Waals surface area contributed by atoms with E-state index in [4.69, 9.17) is 5.11 Å². The fraction of sp³-hybridized carbons (Fsp3) is 0.818. The van der Waals surface area contributed by atoms with E-state index < -0.39 is 21.8 Å². The summed E-state index contributed by atoms with van der Waals surface area (Å²) in [5.74, 6) is -2.03. The van der Waals surface area contributed by atoms with Crippen LogP contribution in [0, 0.1) is 5.92 Å². The van der Waals surface area contributed by atoms with Gasteiger partial charge in [-0.1, -0.05) is 13.8 Å². The number of rotatable bonds is 8. The largest absolute Gasteiger partial charge is 0.480 e. The molecule has 0 aliphatic rings. The van der Waals surface area contributed by atoms with Crippen LogP contribution >= 0.6 is 0 Å². The molecule has 0 aromatic carbocycles. The second-order valence-electron chi connectivity index (χ2n) is 4.33. The highest BCUT2D eigenvalue weighted by Crippen LogP contribution is 2.08. The minimum Gasteiger partial charge on any atom is -0.480 e. The second-order valence-corrected chi connectivity index (χ2v) is 6.59. The molecule has 1 amide bonds. The molecule has 0 aliphatic carbocycles. The maximum absolute atomic E-state index is 11.7. The van der Waals surface area contributed by atoms with Gasteiger partial charge in [-0.05, 0) is 19.3 Å². The van der Waals surface area contributed by atoms with Crippen LogP contribution in [0.25, 0.3) is 0 Å². The lowest BCUT2D eigenvalue weighted by molar-refractivity contribution is -0.142. The van der Waals surface area contributed by atoms with Crippen molar-refractivity contribution in [1.82, 2.24) is 5.32 Å². The summed E-state index contributed by atoms with van der Waals surface area (Å²) in [5.41, 5.74) is 0. The van der Waals surface area contributed by atoms with Gasteiger partial charge in [-0.2, -0.15) is 0 Å². The van der Waals surface area contributed by atoms with Crippen molar-refractivity contribution in [2.45, 2.75) is 39.2 Å². The summed E-state index contributed by atoms with van der Waals surface area (Å²) in [6.07, 6.45) is 2.18. The smallest absolute Gasteiger partial charge is 0.326 e. The Morgan fingerprint density at radius 2 is 1.72 bits per heavy atom. The molecule has 18 heavy (non-hydrogen) atoms. The molecule has 2 N–H and O–H groups in total. The van der Waals surface area contributed by atoms with E-state index in [0.717, 1.165) is 6.26 Å². The Labute approximate surface area is 108 Å². The summed E-state index contributed by atoms with van der Waals surface area (Å²) in [6.45, 7) is 3.69. The number of nitrogens with one attached hydrogen (secondary N) is 1. The first-order valence-electron chi connectivity index (χ1n) is 5.92. The van der Waals surface area contributed by atoms with Gasteiger partial charge in [-0.3, -0.25) is 4.79 Å². The molecule has 0 spiro atoms. The maximum Gasteiger partial charge on any atom is 0.326 e. The van der Waals surface area contributed by atoms with Gasteiger partial charge in [-0.25, -0.2) is 13.2 Å². The van der Waals surface area contributed by atoms with Gasteiger partial charge in [0.05, 0.1) is 5.75 Å². The summed E-state index contributed by atoms with van der Waals surface area (Å²) in [6, 6.07) is -1.15. The summed E-state index contributed by atoms with van der Waals surface area (Å²) < 4.78 is 22.0. The van der Waals surface area contributed by atoms with E-state index in [-0.39, 0.29) is 24.0 Å². The third-order valence-corrected chi connectivity index (χ3v) is 3.73. The van der Waals surface area contributed by atoms with E-state index >= 15 is 0 Å². The van der Waals surface area contributed by atoms with E-state index in [0.29, 0.717) is 12.8 Å². The molecular weight excluding hydrogens is 258 g/mol. The molecule has 106 valence electrons. The number of carboxylic acids is 1. The van der Waals surface area contributed by atoms with Gasteiger partial charge >= 0.3 is 5.97 Å². The van der Waals surface area contributed by atoms with Crippen LogP contribution in [-0.4, -0.2) is 43.5 Å². The van der Waals surface area contributed by atoms with E-state index in [1.165, 1.54) is 0 Å². The first kappa shape index (κ1) is 16.9. The number of amides is 1. The van der Waals surface area contributed by atoms with Crippen LogP contribution in [0.5, 0.6) is 0 Å². The number of carboxylic acid groups (broad SMARTS) is 1. The Hall–Kier alpha value is -1.11. The van der Waals surface area contributed by atoms with Crippen molar-refractivity contribution in [2.24, 2.45) is 5.92 Å². The average molecular weight is 279 g/mol. The van der Waals surface area contributed by atoms with Crippen LogP contribution < -0.4 is 5.32 Å². The topological polar surface area (TPSA) is 101 Å². The SMILES string of the molecule is CCC(CC)C(=O)NC(CCS(C)(=O)=O)C(=O)O. The van der Waals surface area contributed by atoms with Crippen molar-refractivity contribution < 1.29 is 23.1 Å². The molecule has 0 heterocycles. The molecule has 0 bridgehead atoms. The molecule has 0 aliphatic heterocycles. The summed E-state index contributed by atoms with van der Waals surface area (Å²) in [5, 5.41) is 11.3. The van der Waals surface area contributed by atoms with Crippen LogP contribution in [0.2, 0.25) is 0 Å². The number of carbonyl (C=O) groups is 2. The molecule has 7 heteroatoms. The predicted molar refractivity (Wildman–Crippen MR) is 68.0 cm³/mol. The van der Waals surface area contributed by atoms with E-state index in [1.54, 1.807) is 0 Å². The Bertz CT molecular complexity index is 386.